The third kappa shape index (κ3) is 18.2. The number of primary amides is 1. The second kappa shape index (κ2) is 27.9. The molecule has 1 aromatic heterocycles. The van der Waals surface area contributed by atoms with Crippen LogP contribution in [0.5, 0.6) is 0 Å². The molecule has 1 heterocycles. The van der Waals surface area contributed by atoms with Crippen LogP contribution in [0.1, 0.15) is 79.7 Å². The summed E-state index contributed by atoms with van der Waals surface area (Å²) < 4.78 is 0. The van der Waals surface area contributed by atoms with Crippen LogP contribution in [0.3, 0.4) is 0 Å². The molecule has 378 valence electrons. The maximum atomic E-state index is 13.7. The Morgan fingerprint density at radius 1 is 0.676 bits per heavy atom. The molecule has 0 unspecified atom stereocenters. The van der Waals surface area contributed by atoms with E-state index in [9.17, 15) is 63.3 Å². The number of H-pyrrole nitrogens is 1. The van der Waals surface area contributed by atoms with E-state index < -0.39 is 133 Å². The average molecular weight is 960 g/mol. The van der Waals surface area contributed by atoms with Crippen molar-refractivity contribution in [2.75, 3.05) is 19.7 Å². The van der Waals surface area contributed by atoms with Gasteiger partial charge in [0, 0.05) is 29.9 Å². The number of fused-ring (bicyclic) bond motifs is 1. The number of aliphatic carboxylic acids is 1. The maximum Gasteiger partial charge on any atom is 0.326 e. The molecule has 0 bridgehead atoms. The number of nitrogens with two attached hydrogens (primary N) is 2. The second-order valence-corrected chi connectivity index (χ2v) is 17.3. The summed E-state index contributed by atoms with van der Waals surface area (Å²) in [5.74, 6) is -10.4. The first-order valence-electron chi connectivity index (χ1n) is 22.4. The van der Waals surface area contributed by atoms with Gasteiger partial charge in [0.05, 0.1) is 25.8 Å². The molecule has 9 atom stereocenters. The number of benzene rings is 1. The number of aromatic nitrogens is 1. The lowest BCUT2D eigenvalue weighted by molar-refractivity contribution is -0.142. The maximum absolute atomic E-state index is 13.7. The van der Waals surface area contributed by atoms with E-state index >= 15 is 0 Å². The SMILES string of the molecule is CC[C@H](C)[C@H](NC(=O)CNC(=O)[C@H](CCC(N)=O)NC(=O)[C@H](CC(C)C)NC(=O)[C@@H](NC(=O)CN)C(C)C)C(=O)N[C@H](C(=O)N[C@@H](CO)C(=O)N[C@@H](Cc1c[nH]c2ccccc12)C(=O)O)[C@@H](C)O. The molecule has 0 radical (unpaired) electrons. The van der Waals surface area contributed by atoms with Gasteiger partial charge in [0.15, 0.2) is 0 Å². The number of hydrogen-bond donors (Lipinski definition) is 14. The number of carboxylic acid groups (broad SMARTS) is 1. The van der Waals surface area contributed by atoms with Gasteiger partial charge in [-0.15, -0.1) is 0 Å². The molecule has 0 saturated heterocycles. The van der Waals surface area contributed by atoms with Crippen LogP contribution < -0.4 is 54.0 Å². The van der Waals surface area contributed by atoms with Crippen LogP contribution in [0, 0.1) is 17.8 Å². The molecule has 0 spiro atoms. The van der Waals surface area contributed by atoms with Crippen LogP contribution in [0.15, 0.2) is 30.5 Å². The number of hydrogen-bond acceptors (Lipinski definition) is 13. The molecule has 24 heteroatoms. The fourth-order valence-corrected chi connectivity index (χ4v) is 6.87. The molecule has 24 nitrogen and oxygen atoms in total. The number of aliphatic hydroxyl groups excluding tert-OH is 2. The van der Waals surface area contributed by atoms with Crippen molar-refractivity contribution < 1.29 is 63.3 Å². The summed E-state index contributed by atoms with van der Waals surface area (Å²) >= 11 is 0. The zero-order valence-electron chi connectivity index (χ0n) is 39.5. The zero-order valence-corrected chi connectivity index (χ0v) is 39.5. The second-order valence-electron chi connectivity index (χ2n) is 17.3. The predicted octanol–water partition coefficient (Wildman–Crippen LogP) is -3.35. The minimum Gasteiger partial charge on any atom is -0.480 e. The van der Waals surface area contributed by atoms with Crippen LogP contribution in [0.2, 0.25) is 0 Å². The monoisotopic (exact) mass is 960 g/mol. The fraction of sp³-hybridized carbons (Fsp3) is 0.591. The molecular weight excluding hydrogens is 891 g/mol. The van der Waals surface area contributed by atoms with E-state index in [1.165, 1.54) is 0 Å². The van der Waals surface area contributed by atoms with E-state index in [2.05, 4.69) is 47.5 Å². The molecule has 0 aliphatic carbocycles. The molecule has 0 aliphatic rings. The van der Waals surface area contributed by atoms with Gasteiger partial charge >= 0.3 is 5.97 Å². The topological polar surface area (TPSA) is 395 Å². The average Bonchev–Trinajstić information content (AvgIpc) is 3.69. The summed E-state index contributed by atoms with van der Waals surface area (Å²) in [6, 6.07) is -2.91. The molecule has 16 N–H and O–H groups in total. The highest BCUT2D eigenvalue weighted by atomic mass is 16.4. The smallest absolute Gasteiger partial charge is 0.326 e. The highest BCUT2D eigenvalue weighted by Gasteiger charge is 2.36. The molecule has 9 amide bonds. The Hall–Kier alpha value is -6.66. The summed E-state index contributed by atoms with van der Waals surface area (Å²) in [6.07, 6.45) is -0.409. The number of para-hydroxylation sites is 1. The van der Waals surface area contributed by atoms with E-state index in [1.54, 1.807) is 72.0 Å². The highest BCUT2D eigenvalue weighted by Crippen LogP contribution is 2.19. The molecule has 0 fully saturated rings. The Bertz CT molecular complexity index is 2090. The van der Waals surface area contributed by atoms with Crippen molar-refractivity contribution in [2.45, 2.75) is 129 Å². The van der Waals surface area contributed by atoms with Gasteiger partial charge in [-0.1, -0.05) is 66.2 Å². The summed E-state index contributed by atoms with van der Waals surface area (Å²) in [6.45, 7) is 9.25. The van der Waals surface area contributed by atoms with Gasteiger partial charge in [0.1, 0.15) is 42.3 Å². The van der Waals surface area contributed by atoms with E-state index in [-0.39, 0.29) is 38.1 Å². The van der Waals surface area contributed by atoms with Gasteiger partial charge < -0.3 is 74.3 Å². The van der Waals surface area contributed by atoms with Crippen LogP contribution >= 0.6 is 0 Å². The van der Waals surface area contributed by atoms with Crippen molar-refractivity contribution in [2.24, 2.45) is 29.2 Å². The minimum absolute atomic E-state index is 0.105. The molecule has 2 aromatic rings. The lowest BCUT2D eigenvalue weighted by Gasteiger charge is -2.29. The van der Waals surface area contributed by atoms with Crippen molar-refractivity contribution in [1.82, 2.24) is 47.5 Å². The van der Waals surface area contributed by atoms with Gasteiger partial charge in [0.25, 0.3) is 0 Å². The predicted molar refractivity (Wildman–Crippen MR) is 246 cm³/mol. The van der Waals surface area contributed by atoms with E-state index in [0.29, 0.717) is 12.0 Å². The quantitative estimate of drug-likeness (QED) is 0.0379. The number of carboxylic acids is 1. The van der Waals surface area contributed by atoms with Gasteiger partial charge in [-0.05, 0) is 49.1 Å². The van der Waals surface area contributed by atoms with Crippen molar-refractivity contribution >= 4 is 70.0 Å². The fourth-order valence-electron chi connectivity index (χ4n) is 6.87. The van der Waals surface area contributed by atoms with Gasteiger partial charge in [-0.2, -0.15) is 0 Å². The number of amides is 9. The Morgan fingerprint density at radius 2 is 1.24 bits per heavy atom. The van der Waals surface area contributed by atoms with Gasteiger partial charge in [-0.25, -0.2) is 4.79 Å². The molecule has 2 rings (SSSR count). The molecule has 68 heavy (non-hydrogen) atoms. The van der Waals surface area contributed by atoms with Crippen LogP contribution in [0.4, 0.5) is 0 Å². The lowest BCUT2D eigenvalue weighted by atomic mass is 9.97. The number of carbonyl (C=O) groups is 10. The summed E-state index contributed by atoms with van der Waals surface area (Å²) in [5, 5.41) is 50.5. The van der Waals surface area contributed by atoms with Crippen molar-refractivity contribution in [3.63, 3.8) is 0 Å². The summed E-state index contributed by atoms with van der Waals surface area (Å²) in [4.78, 5) is 133. The molecule has 0 aliphatic heterocycles. The highest BCUT2D eigenvalue weighted by molar-refractivity contribution is 5.98. The van der Waals surface area contributed by atoms with E-state index in [0.717, 1.165) is 17.8 Å². The molecule has 0 saturated carbocycles. The summed E-state index contributed by atoms with van der Waals surface area (Å²) in [5.41, 5.74) is 12.0. The molecular formula is C44H69N11O13. The first-order chi connectivity index (χ1) is 31.9. The normalized spacial score (nSPS) is 15.2. The Kier molecular flexibility index (Phi) is 23.5. The van der Waals surface area contributed by atoms with Gasteiger partial charge in [0.2, 0.25) is 53.2 Å². The van der Waals surface area contributed by atoms with Crippen molar-refractivity contribution in [3.8, 4) is 0 Å². The van der Waals surface area contributed by atoms with Crippen LogP contribution in [-0.2, 0) is 54.4 Å². The zero-order chi connectivity index (χ0) is 51.4. The first kappa shape index (κ1) is 57.5. The third-order valence-electron chi connectivity index (χ3n) is 10.9. The largest absolute Gasteiger partial charge is 0.480 e. The Morgan fingerprint density at radius 3 is 1.79 bits per heavy atom. The van der Waals surface area contributed by atoms with Crippen molar-refractivity contribution in [1.29, 1.82) is 0 Å². The molecule has 1 aromatic carbocycles. The number of aromatic amines is 1. The first-order valence-corrected chi connectivity index (χ1v) is 22.4. The number of rotatable bonds is 29. The lowest BCUT2D eigenvalue weighted by Crippen LogP contribution is -2.62. The third-order valence-corrected chi connectivity index (χ3v) is 10.9. The standard InChI is InChI=1S/C44H69N11O13/c1-8-23(6)36(42(65)55-37(24(7)57)43(66)52-31(20-56)40(63)51-30(44(67)68)16-25-18-47-27-12-10-9-11-26(25)27)54-34(60)19-48-38(61)28(13-14-32(46)58)49-39(62)29(15-21(2)3)50-41(64)35(22(4)5)53-33(59)17-45/h9-12,18,21-24,28-31,35-37,47,56-57H,8,13-17,19-20,45H2,1-7H3,(H2,46,58)(H,48,61)(H,49,62)(H,50,64)(H,51,63)(H,52,66)(H,53,59)(H,54,60)(H,55,65)(H,67,68)/t23-,24+,28-,29-,30-,31-,35-,36-,37-/m0/s1. The Balaban J connectivity index is 2.17. The van der Waals surface area contributed by atoms with Crippen molar-refractivity contribution in [3.05, 3.63) is 36.0 Å². The van der Waals surface area contributed by atoms with Gasteiger partial charge in [-0.3, -0.25) is 43.2 Å². The van der Waals surface area contributed by atoms with Crippen LogP contribution in [0.25, 0.3) is 10.9 Å². The van der Waals surface area contributed by atoms with E-state index in [4.69, 9.17) is 11.5 Å². The van der Waals surface area contributed by atoms with Crippen LogP contribution in [-0.4, -0.2) is 148 Å². The van der Waals surface area contributed by atoms with E-state index in [1.807, 2.05) is 0 Å². The number of aliphatic hydroxyl groups is 2. The number of carbonyl (C=O) groups excluding carboxylic acids is 9. The number of nitrogens with one attached hydrogen (secondary N) is 9. The minimum atomic E-state index is -1.76. The Labute approximate surface area is 394 Å². The summed E-state index contributed by atoms with van der Waals surface area (Å²) in [7, 11) is 0.